The Labute approximate surface area is 134 Å². The third-order valence-electron chi connectivity index (χ3n) is 4.10. The minimum absolute atomic E-state index is 0.401. The standard InChI is InChI=1S/C15H18Cl2N4/c1-3-11-10(8-21(2)20-11)15-18-13(16)12(14(17)19-15)9-6-4-5-7-9/h8-9H,3-7H2,1-2H3. The van der Waals surface area contributed by atoms with Gasteiger partial charge >= 0.3 is 0 Å². The van der Waals surface area contributed by atoms with Crippen LogP contribution in [0.3, 0.4) is 0 Å². The smallest absolute Gasteiger partial charge is 0.165 e. The first-order chi connectivity index (χ1) is 10.1. The van der Waals surface area contributed by atoms with E-state index in [9.17, 15) is 0 Å². The molecule has 0 saturated heterocycles. The highest BCUT2D eigenvalue weighted by atomic mass is 35.5. The van der Waals surface area contributed by atoms with Crippen LogP contribution in [-0.4, -0.2) is 19.7 Å². The zero-order chi connectivity index (χ0) is 15.0. The monoisotopic (exact) mass is 324 g/mol. The number of hydrogen-bond acceptors (Lipinski definition) is 3. The van der Waals surface area contributed by atoms with Crippen LogP contribution >= 0.6 is 23.2 Å². The second-order valence-corrected chi connectivity index (χ2v) is 6.26. The van der Waals surface area contributed by atoms with Crippen LogP contribution in [-0.2, 0) is 13.5 Å². The molecular weight excluding hydrogens is 307 g/mol. The largest absolute Gasteiger partial charge is 0.275 e. The van der Waals surface area contributed by atoms with Crippen LogP contribution in [0.1, 0.15) is 49.8 Å². The fraction of sp³-hybridized carbons (Fsp3) is 0.533. The van der Waals surface area contributed by atoms with Crippen LogP contribution < -0.4 is 0 Å². The SMILES string of the molecule is CCc1nn(C)cc1-c1nc(Cl)c(C2CCCC2)c(Cl)n1. The summed E-state index contributed by atoms with van der Waals surface area (Å²) < 4.78 is 1.77. The molecule has 0 atom stereocenters. The average molecular weight is 325 g/mol. The summed E-state index contributed by atoms with van der Waals surface area (Å²) in [6.07, 6.45) is 7.42. The van der Waals surface area contributed by atoms with E-state index in [4.69, 9.17) is 23.2 Å². The lowest BCUT2D eigenvalue weighted by atomic mass is 10.0. The zero-order valence-electron chi connectivity index (χ0n) is 12.2. The molecule has 0 aliphatic heterocycles. The summed E-state index contributed by atoms with van der Waals surface area (Å²) in [6.45, 7) is 2.06. The minimum Gasteiger partial charge on any atom is -0.275 e. The number of aryl methyl sites for hydroxylation is 2. The van der Waals surface area contributed by atoms with E-state index in [2.05, 4.69) is 22.0 Å². The van der Waals surface area contributed by atoms with Gasteiger partial charge in [0.15, 0.2) is 5.82 Å². The summed E-state index contributed by atoms with van der Waals surface area (Å²) >= 11 is 12.8. The molecule has 2 aromatic heterocycles. The van der Waals surface area contributed by atoms with Gasteiger partial charge in [0.2, 0.25) is 0 Å². The van der Waals surface area contributed by atoms with Crippen LogP contribution in [0.25, 0.3) is 11.4 Å². The van der Waals surface area contributed by atoms with Gasteiger partial charge in [0.1, 0.15) is 10.3 Å². The normalized spacial score (nSPS) is 15.8. The fourth-order valence-corrected chi connectivity index (χ4v) is 3.77. The zero-order valence-corrected chi connectivity index (χ0v) is 13.7. The van der Waals surface area contributed by atoms with E-state index >= 15 is 0 Å². The Morgan fingerprint density at radius 3 is 2.38 bits per heavy atom. The van der Waals surface area contributed by atoms with Crippen LogP contribution in [0.2, 0.25) is 10.3 Å². The Morgan fingerprint density at radius 1 is 1.19 bits per heavy atom. The number of halogens is 2. The number of hydrogen-bond donors (Lipinski definition) is 0. The molecule has 0 radical (unpaired) electrons. The lowest BCUT2D eigenvalue weighted by Gasteiger charge is -2.13. The van der Waals surface area contributed by atoms with Crippen LogP contribution in [0.5, 0.6) is 0 Å². The van der Waals surface area contributed by atoms with Crippen molar-refractivity contribution in [3.05, 3.63) is 27.8 Å². The Hall–Kier alpha value is -1.13. The topological polar surface area (TPSA) is 43.6 Å². The predicted octanol–water partition coefficient (Wildman–Crippen LogP) is 4.40. The van der Waals surface area contributed by atoms with Gasteiger partial charge < -0.3 is 0 Å². The van der Waals surface area contributed by atoms with Crippen molar-refractivity contribution in [2.45, 2.75) is 44.9 Å². The van der Waals surface area contributed by atoms with E-state index < -0.39 is 0 Å². The Bertz CT molecular complexity index is 637. The van der Waals surface area contributed by atoms with Gasteiger partial charge in [-0.3, -0.25) is 4.68 Å². The minimum atomic E-state index is 0.401. The van der Waals surface area contributed by atoms with Gasteiger partial charge in [-0.1, -0.05) is 43.0 Å². The van der Waals surface area contributed by atoms with Gasteiger partial charge in [-0.15, -0.1) is 0 Å². The van der Waals surface area contributed by atoms with Crippen molar-refractivity contribution in [2.24, 2.45) is 7.05 Å². The summed E-state index contributed by atoms with van der Waals surface area (Å²) in [6, 6.07) is 0. The average Bonchev–Trinajstić information content (AvgIpc) is 3.07. The molecule has 0 amide bonds. The first-order valence-corrected chi connectivity index (χ1v) is 8.11. The van der Waals surface area contributed by atoms with Crippen molar-refractivity contribution in [3.63, 3.8) is 0 Å². The number of rotatable bonds is 3. The molecule has 1 aliphatic carbocycles. The Kier molecular flexibility index (Phi) is 4.18. The van der Waals surface area contributed by atoms with Gasteiger partial charge in [0, 0.05) is 18.8 Å². The van der Waals surface area contributed by atoms with Crippen molar-refractivity contribution >= 4 is 23.2 Å². The fourth-order valence-electron chi connectivity index (χ4n) is 3.07. The molecule has 6 heteroatoms. The molecular formula is C15H18Cl2N4. The van der Waals surface area contributed by atoms with Crippen LogP contribution in [0, 0.1) is 0 Å². The van der Waals surface area contributed by atoms with Gasteiger partial charge in [-0.05, 0) is 25.2 Å². The van der Waals surface area contributed by atoms with Gasteiger partial charge in [0.05, 0.1) is 11.3 Å². The highest BCUT2D eigenvalue weighted by molar-refractivity contribution is 6.34. The van der Waals surface area contributed by atoms with E-state index in [-0.39, 0.29) is 0 Å². The summed E-state index contributed by atoms with van der Waals surface area (Å²) in [5.41, 5.74) is 2.78. The molecule has 2 heterocycles. The molecule has 2 aromatic rings. The summed E-state index contributed by atoms with van der Waals surface area (Å²) in [5.74, 6) is 0.968. The quantitative estimate of drug-likeness (QED) is 0.786. The molecule has 1 fully saturated rings. The highest BCUT2D eigenvalue weighted by Gasteiger charge is 2.25. The number of nitrogens with zero attached hydrogens (tertiary/aromatic N) is 4. The van der Waals surface area contributed by atoms with Crippen molar-refractivity contribution in [1.29, 1.82) is 0 Å². The van der Waals surface area contributed by atoms with Crippen LogP contribution in [0.4, 0.5) is 0 Å². The van der Waals surface area contributed by atoms with Gasteiger partial charge in [0.25, 0.3) is 0 Å². The summed E-state index contributed by atoms with van der Waals surface area (Å²) in [5, 5.41) is 5.39. The molecule has 3 rings (SSSR count). The molecule has 21 heavy (non-hydrogen) atoms. The molecule has 1 saturated carbocycles. The second-order valence-electron chi connectivity index (χ2n) is 5.54. The molecule has 0 unspecified atom stereocenters. The van der Waals surface area contributed by atoms with Crippen molar-refractivity contribution < 1.29 is 0 Å². The maximum absolute atomic E-state index is 6.40. The molecule has 0 bridgehead atoms. The van der Waals surface area contributed by atoms with E-state index in [1.54, 1.807) is 4.68 Å². The molecule has 0 spiro atoms. The second kappa shape index (κ2) is 5.93. The first kappa shape index (κ1) is 14.8. The van der Waals surface area contributed by atoms with E-state index in [0.717, 1.165) is 36.1 Å². The molecule has 0 N–H and O–H groups in total. The third-order valence-corrected chi connectivity index (χ3v) is 4.67. The first-order valence-electron chi connectivity index (χ1n) is 7.36. The molecule has 4 nitrogen and oxygen atoms in total. The van der Waals surface area contributed by atoms with Gasteiger partial charge in [-0.25, -0.2) is 9.97 Å². The molecule has 0 aromatic carbocycles. The Balaban J connectivity index is 2.05. The maximum atomic E-state index is 6.40. The van der Waals surface area contributed by atoms with Gasteiger partial charge in [-0.2, -0.15) is 5.10 Å². The molecule has 112 valence electrons. The maximum Gasteiger partial charge on any atom is 0.165 e. The van der Waals surface area contributed by atoms with Crippen molar-refractivity contribution in [2.75, 3.05) is 0 Å². The Morgan fingerprint density at radius 2 is 1.81 bits per heavy atom. The summed E-state index contributed by atoms with van der Waals surface area (Å²) in [7, 11) is 1.89. The van der Waals surface area contributed by atoms with Crippen molar-refractivity contribution in [3.8, 4) is 11.4 Å². The van der Waals surface area contributed by atoms with Crippen molar-refractivity contribution in [1.82, 2.24) is 19.7 Å². The van der Waals surface area contributed by atoms with E-state index in [0.29, 0.717) is 22.0 Å². The highest BCUT2D eigenvalue weighted by Crippen LogP contribution is 2.40. The third kappa shape index (κ3) is 2.79. The van der Waals surface area contributed by atoms with Crippen LogP contribution in [0.15, 0.2) is 6.20 Å². The lowest BCUT2D eigenvalue weighted by molar-refractivity contribution is 0.715. The summed E-state index contributed by atoms with van der Waals surface area (Å²) in [4.78, 5) is 8.97. The van der Waals surface area contributed by atoms with E-state index in [1.165, 1.54) is 12.8 Å². The predicted molar refractivity (Wildman–Crippen MR) is 84.8 cm³/mol. The lowest BCUT2D eigenvalue weighted by Crippen LogP contribution is -2.02. The van der Waals surface area contributed by atoms with E-state index in [1.807, 2.05) is 13.2 Å². The molecule has 1 aliphatic rings. The number of aromatic nitrogens is 4.